The molecule has 8 heteroatoms. The second-order valence-corrected chi connectivity index (χ2v) is 6.90. The van der Waals surface area contributed by atoms with Crippen molar-refractivity contribution in [3.05, 3.63) is 46.8 Å². The summed E-state index contributed by atoms with van der Waals surface area (Å²) in [4.78, 5) is 9.21. The van der Waals surface area contributed by atoms with Crippen LogP contribution in [0.4, 0.5) is 10.2 Å². The van der Waals surface area contributed by atoms with E-state index in [1.807, 2.05) is 12.3 Å². The van der Waals surface area contributed by atoms with E-state index in [-0.39, 0.29) is 18.2 Å². The molecule has 1 fully saturated rings. The maximum absolute atomic E-state index is 13.1. The highest BCUT2D eigenvalue weighted by atomic mass is 79.9. The van der Waals surface area contributed by atoms with Gasteiger partial charge >= 0.3 is 0 Å². The van der Waals surface area contributed by atoms with Gasteiger partial charge in [-0.15, -0.1) is 17.5 Å². The third kappa shape index (κ3) is 3.63. The molecule has 1 aliphatic rings. The third-order valence-corrected chi connectivity index (χ3v) is 4.92. The Morgan fingerprint density at radius 3 is 2.44 bits per heavy atom. The van der Waals surface area contributed by atoms with Crippen LogP contribution in [0.15, 0.2) is 41.0 Å². The summed E-state index contributed by atoms with van der Waals surface area (Å²) in [7, 11) is 2.13. The van der Waals surface area contributed by atoms with Crippen LogP contribution in [0, 0.1) is 5.82 Å². The van der Waals surface area contributed by atoms with Crippen LogP contribution in [0.5, 0.6) is 0 Å². The number of anilines is 1. The summed E-state index contributed by atoms with van der Waals surface area (Å²) in [5.41, 5.74) is 2.40. The molecule has 5 nitrogen and oxygen atoms in total. The molecule has 2 aromatic heterocycles. The van der Waals surface area contributed by atoms with Gasteiger partial charge in [-0.05, 0) is 47.2 Å². The highest BCUT2D eigenvalue weighted by Crippen LogP contribution is 2.26. The zero-order valence-corrected chi connectivity index (χ0v) is 16.1. The van der Waals surface area contributed by atoms with Gasteiger partial charge in [-0.3, -0.25) is 0 Å². The summed E-state index contributed by atoms with van der Waals surface area (Å²) in [6, 6.07) is 8.36. The summed E-state index contributed by atoms with van der Waals surface area (Å²) >= 11 is 3.60. The molecule has 3 heterocycles. The highest BCUT2D eigenvalue weighted by Gasteiger charge is 2.18. The lowest BCUT2D eigenvalue weighted by atomic mass is 10.2. The van der Waals surface area contributed by atoms with Crippen LogP contribution in [0.2, 0.25) is 0 Å². The van der Waals surface area contributed by atoms with E-state index >= 15 is 0 Å². The maximum atomic E-state index is 13.1. The number of benzene rings is 1. The first-order valence-corrected chi connectivity index (χ1v) is 8.65. The minimum Gasteiger partial charge on any atom is -0.353 e. The fourth-order valence-corrected chi connectivity index (χ4v) is 3.35. The molecular formula is C17H18BrClFN5. The Kier molecular flexibility index (Phi) is 5.27. The van der Waals surface area contributed by atoms with Crippen LogP contribution in [0.3, 0.4) is 0 Å². The number of likely N-dealkylation sites (N-methyl/N-ethyl adjacent to an activating group) is 1. The van der Waals surface area contributed by atoms with Crippen molar-refractivity contribution in [3.8, 4) is 11.3 Å². The smallest absolute Gasteiger partial charge is 0.168 e. The number of hydrogen-bond donors (Lipinski definition) is 0. The number of piperazine rings is 1. The monoisotopic (exact) mass is 425 g/mol. The molecule has 1 aromatic carbocycles. The molecule has 25 heavy (non-hydrogen) atoms. The van der Waals surface area contributed by atoms with Gasteiger partial charge in [0.25, 0.3) is 0 Å². The molecule has 0 saturated carbocycles. The van der Waals surface area contributed by atoms with Crippen molar-refractivity contribution in [1.82, 2.24) is 19.5 Å². The van der Waals surface area contributed by atoms with E-state index < -0.39 is 0 Å². The Bertz CT molecular complexity index is 875. The molecule has 0 amide bonds. The van der Waals surface area contributed by atoms with Gasteiger partial charge in [0.2, 0.25) is 0 Å². The molecule has 0 N–H and O–H groups in total. The third-order valence-electron chi connectivity index (χ3n) is 4.33. The van der Waals surface area contributed by atoms with Crippen LogP contribution in [-0.2, 0) is 0 Å². The van der Waals surface area contributed by atoms with E-state index in [2.05, 4.69) is 37.8 Å². The van der Waals surface area contributed by atoms with Gasteiger partial charge in [0.1, 0.15) is 5.82 Å². The molecule has 0 bridgehead atoms. The molecule has 0 spiro atoms. The van der Waals surface area contributed by atoms with Gasteiger partial charge in [0, 0.05) is 37.8 Å². The Balaban J connectivity index is 0.00000182. The van der Waals surface area contributed by atoms with Crippen molar-refractivity contribution in [2.75, 3.05) is 38.1 Å². The fraction of sp³-hybridized carbons (Fsp3) is 0.294. The number of rotatable bonds is 2. The van der Waals surface area contributed by atoms with Crippen LogP contribution >= 0.6 is 28.3 Å². The normalized spacial score (nSPS) is 15.4. The minimum absolute atomic E-state index is 0. The van der Waals surface area contributed by atoms with Crippen molar-refractivity contribution in [2.45, 2.75) is 0 Å². The zero-order valence-electron chi connectivity index (χ0n) is 13.7. The number of aromatic nitrogens is 3. The highest BCUT2D eigenvalue weighted by molar-refractivity contribution is 9.10. The van der Waals surface area contributed by atoms with Gasteiger partial charge in [0.15, 0.2) is 11.5 Å². The number of fused-ring (bicyclic) bond motifs is 1. The van der Waals surface area contributed by atoms with Crippen LogP contribution < -0.4 is 4.90 Å². The molecular weight excluding hydrogens is 409 g/mol. The first-order valence-electron chi connectivity index (χ1n) is 7.85. The Morgan fingerprint density at radius 1 is 1.08 bits per heavy atom. The fourth-order valence-electron chi connectivity index (χ4n) is 2.88. The van der Waals surface area contributed by atoms with E-state index in [4.69, 9.17) is 5.10 Å². The van der Waals surface area contributed by atoms with Gasteiger partial charge in [0.05, 0.1) is 16.4 Å². The summed E-state index contributed by atoms with van der Waals surface area (Å²) in [6.07, 6.45) is 1.88. The lowest BCUT2D eigenvalue weighted by molar-refractivity contribution is 0.311. The number of nitrogens with zero attached hydrogens (tertiary/aromatic N) is 5. The largest absolute Gasteiger partial charge is 0.353 e. The van der Waals surface area contributed by atoms with Gasteiger partial charge < -0.3 is 9.80 Å². The Labute approximate surface area is 160 Å². The molecule has 0 aliphatic carbocycles. The lowest BCUT2D eigenvalue weighted by Crippen LogP contribution is -2.45. The molecule has 4 rings (SSSR count). The Hall–Kier alpha value is -1.70. The lowest BCUT2D eigenvalue weighted by Gasteiger charge is -2.33. The molecule has 3 aromatic rings. The predicted molar refractivity (Wildman–Crippen MR) is 103 cm³/mol. The molecule has 0 atom stereocenters. The standard InChI is InChI=1S/C17H17BrFN5.ClH/c1-22-6-8-23(9-7-22)16-10-14(18)17-20-15(11-24(17)21-16)12-2-4-13(19)5-3-12;/h2-5,10-11H,6-9H2,1H3;1H. The molecule has 0 unspecified atom stereocenters. The van der Waals surface area contributed by atoms with Crippen LogP contribution in [0.25, 0.3) is 16.9 Å². The molecule has 0 radical (unpaired) electrons. The first-order chi connectivity index (χ1) is 11.6. The molecule has 1 saturated heterocycles. The minimum atomic E-state index is -0.251. The number of hydrogen-bond acceptors (Lipinski definition) is 4. The second kappa shape index (κ2) is 7.27. The summed E-state index contributed by atoms with van der Waals surface area (Å²) in [6.45, 7) is 3.98. The molecule has 132 valence electrons. The predicted octanol–water partition coefficient (Wildman–Crippen LogP) is 3.47. The van der Waals surface area contributed by atoms with Crippen molar-refractivity contribution in [1.29, 1.82) is 0 Å². The van der Waals surface area contributed by atoms with Crippen molar-refractivity contribution < 1.29 is 4.39 Å². The van der Waals surface area contributed by atoms with E-state index in [1.165, 1.54) is 12.1 Å². The average Bonchev–Trinajstić information content (AvgIpc) is 3.01. The first kappa shape index (κ1) is 18.1. The van der Waals surface area contributed by atoms with E-state index in [1.54, 1.807) is 16.6 Å². The van der Waals surface area contributed by atoms with Crippen molar-refractivity contribution in [3.63, 3.8) is 0 Å². The van der Waals surface area contributed by atoms with Crippen LogP contribution in [0.1, 0.15) is 0 Å². The van der Waals surface area contributed by atoms with Crippen molar-refractivity contribution in [2.24, 2.45) is 0 Å². The van der Waals surface area contributed by atoms with E-state index in [0.29, 0.717) is 0 Å². The summed E-state index contributed by atoms with van der Waals surface area (Å²) in [5.74, 6) is 0.685. The summed E-state index contributed by atoms with van der Waals surface area (Å²) < 4.78 is 15.8. The zero-order chi connectivity index (χ0) is 16.7. The maximum Gasteiger partial charge on any atom is 0.168 e. The number of halogens is 3. The van der Waals surface area contributed by atoms with Gasteiger partial charge in [-0.2, -0.15) is 0 Å². The quantitative estimate of drug-likeness (QED) is 0.629. The second-order valence-electron chi connectivity index (χ2n) is 6.04. The topological polar surface area (TPSA) is 36.7 Å². The van der Waals surface area contributed by atoms with Crippen molar-refractivity contribution >= 4 is 39.8 Å². The Morgan fingerprint density at radius 2 is 1.76 bits per heavy atom. The van der Waals surface area contributed by atoms with E-state index in [0.717, 1.165) is 53.4 Å². The number of imidazole rings is 1. The van der Waals surface area contributed by atoms with Gasteiger partial charge in [-0.1, -0.05) is 0 Å². The SMILES string of the molecule is CN1CCN(c2cc(Br)c3nc(-c4ccc(F)cc4)cn3n2)CC1.Cl. The molecule has 1 aliphatic heterocycles. The van der Waals surface area contributed by atoms with Crippen LogP contribution in [-0.4, -0.2) is 52.7 Å². The van der Waals surface area contributed by atoms with E-state index in [9.17, 15) is 4.39 Å². The van der Waals surface area contributed by atoms with Gasteiger partial charge in [-0.25, -0.2) is 13.9 Å². The average molecular weight is 427 g/mol. The summed E-state index contributed by atoms with van der Waals surface area (Å²) in [5, 5.41) is 4.71.